The van der Waals surface area contributed by atoms with E-state index in [0.29, 0.717) is 44.8 Å². The average molecular weight is 294 g/mol. The zero-order chi connectivity index (χ0) is 14.7. The maximum Gasteiger partial charge on any atom is 0.241 e. The Kier molecular flexibility index (Phi) is 4.07. The van der Waals surface area contributed by atoms with Gasteiger partial charge < -0.3 is 19.7 Å². The van der Waals surface area contributed by atoms with Crippen LogP contribution in [0.4, 0.5) is 10.1 Å². The maximum absolute atomic E-state index is 13.5. The molecule has 3 rings (SSSR count). The second kappa shape index (κ2) is 5.99. The normalized spacial score (nSPS) is 20.7. The Morgan fingerprint density at radius 2 is 1.90 bits per heavy atom. The Balaban J connectivity index is 1.49. The van der Waals surface area contributed by atoms with E-state index in [9.17, 15) is 9.18 Å². The number of piperidine rings is 1. The minimum absolute atomic E-state index is 0.0360. The van der Waals surface area contributed by atoms with Crippen molar-refractivity contribution in [2.75, 3.05) is 38.2 Å². The van der Waals surface area contributed by atoms with Crippen molar-refractivity contribution in [3.63, 3.8) is 0 Å². The number of hydrogen-bond donors (Lipinski definition) is 1. The number of carbonyl (C=O) groups excluding carboxylic acids is 1. The average Bonchev–Trinajstić information content (AvgIpc) is 2.95. The molecule has 1 aromatic carbocycles. The second-order valence-electron chi connectivity index (χ2n) is 5.32. The third-order valence-electron chi connectivity index (χ3n) is 4.00. The SMILES string of the molecule is O=C(CNc1ccccc1F)N1CCC2(CC1)OCCO2. The molecule has 1 spiro atoms. The number of hydrogen-bond acceptors (Lipinski definition) is 4. The molecule has 2 heterocycles. The molecule has 0 radical (unpaired) electrons. The number of likely N-dealkylation sites (tertiary alicyclic amines) is 1. The van der Waals surface area contributed by atoms with Crippen LogP contribution in [0.1, 0.15) is 12.8 Å². The first kappa shape index (κ1) is 14.3. The van der Waals surface area contributed by atoms with Gasteiger partial charge in [0.2, 0.25) is 5.91 Å². The van der Waals surface area contributed by atoms with Gasteiger partial charge in [0.15, 0.2) is 5.79 Å². The van der Waals surface area contributed by atoms with Crippen molar-refractivity contribution >= 4 is 11.6 Å². The van der Waals surface area contributed by atoms with E-state index in [1.165, 1.54) is 6.07 Å². The van der Waals surface area contributed by atoms with Gasteiger partial charge in [0.05, 0.1) is 25.4 Å². The van der Waals surface area contributed by atoms with E-state index in [-0.39, 0.29) is 18.3 Å². The summed E-state index contributed by atoms with van der Waals surface area (Å²) in [6, 6.07) is 6.34. The second-order valence-corrected chi connectivity index (χ2v) is 5.32. The molecule has 1 amide bonds. The number of halogens is 1. The van der Waals surface area contributed by atoms with Crippen LogP contribution >= 0.6 is 0 Å². The zero-order valence-electron chi connectivity index (χ0n) is 11.8. The molecule has 2 aliphatic heterocycles. The number of benzene rings is 1. The van der Waals surface area contributed by atoms with Crippen LogP contribution in [0.25, 0.3) is 0 Å². The van der Waals surface area contributed by atoms with E-state index in [2.05, 4.69) is 5.32 Å². The number of amides is 1. The van der Waals surface area contributed by atoms with Crippen LogP contribution in [-0.2, 0) is 14.3 Å². The number of ether oxygens (including phenoxy) is 2. The summed E-state index contributed by atoms with van der Waals surface area (Å²) >= 11 is 0. The highest BCUT2D eigenvalue weighted by molar-refractivity contribution is 5.81. The van der Waals surface area contributed by atoms with Crippen LogP contribution in [0.15, 0.2) is 24.3 Å². The molecule has 0 atom stereocenters. The number of carbonyl (C=O) groups is 1. The molecule has 0 bridgehead atoms. The summed E-state index contributed by atoms with van der Waals surface area (Å²) in [7, 11) is 0. The highest BCUT2D eigenvalue weighted by Gasteiger charge is 2.40. The largest absolute Gasteiger partial charge is 0.374 e. The predicted octanol–water partition coefficient (Wildman–Crippen LogP) is 1.60. The van der Waals surface area contributed by atoms with Crippen molar-refractivity contribution in [1.29, 1.82) is 0 Å². The molecule has 2 saturated heterocycles. The van der Waals surface area contributed by atoms with Gasteiger partial charge in [-0.1, -0.05) is 12.1 Å². The van der Waals surface area contributed by atoms with Gasteiger partial charge in [-0.25, -0.2) is 4.39 Å². The summed E-state index contributed by atoms with van der Waals surface area (Å²) in [6.07, 6.45) is 1.39. The molecule has 21 heavy (non-hydrogen) atoms. The van der Waals surface area contributed by atoms with E-state index >= 15 is 0 Å². The number of nitrogens with zero attached hydrogens (tertiary/aromatic N) is 1. The van der Waals surface area contributed by atoms with Crippen molar-refractivity contribution in [3.8, 4) is 0 Å². The van der Waals surface area contributed by atoms with E-state index in [0.717, 1.165) is 0 Å². The summed E-state index contributed by atoms with van der Waals surface area (Å²) < 4.78 is 24.7. The van der Waals surface area contributed by atoms with Gasteiger partial charge in [-0.2, -0.15) is 0 Å². The van der Waals surface area contributed by atoms with Crippen LogP contribution in [0.5, 0.6) is 0 Å². The van der Waals surface area contributed by atoms with Gasteiger partial charge in [0.1, 0.15) is 5.82 Å². The molecular weight excluding hydrogens is 275 g/mol. The number of para-hydroxylation sites is 1. The van der Waals surface area contributed by atoms with Crippen LogP contribution in [0, 0.1) is 5.82 Å². The highest BCUT2D eigenvalue weighted by atomic mass is 19.1. The molecule has 1 aromatic rings. The third-order valence-corrected chi connectivity index (χ3v) is 4.00. The molecule has 1 N–H and O–H groups in total. The molecule has 2 fully saturated rings. The smallest absolute Gasteiger partial charge is 0.241 e. The first-order valence-electron chi connectivity index (χ1n) is 7.23. The molecule has 0 aliphatic carbocycles. The maximum atomic E-state index is 13.5. The first-order valence-corrected chi connectivity index (χ1v) is 7.23. The van der Waals surface area contributed by atoms with E-state index in [4.69, 9.17) is 9.47 Å². The van der Waals surface area contributed by atoms with Gasteiger partial charge in [-0.15, -0.1) is 0 Å². The lowest BCUT2D eigenvalue weighted by Gasteiger charge is -2.37. The summed E-state index contributed by atoms with van der Waals surface area (Å²) in [4.78, 5) is 13.9. The zero-order valence-corrected chi connectivity index (χ0v) is 11.8. The van der Waals surface area contributed by atoms with E-state index < -0.39 is 5.79 Å². The fourth-order valence-corrected chi connectivity index (χ4v) is 2.77. The Morgan fingerprint density at radius 1 is 1.24 bits per heavy atom. The minimum atomic E-state index is -0.476. The molecule has 2 aliphatic rings. The summed E-state index contributed by atoms with van der Waals surface area (Å²) in [6.45, 7) is 2.57. The number of anilines is 1. The fraction of sp³-hybridized carbons (Fsp3) is 0.533. The van der Waals surface area contributed by atoms with Crippen molar-refractivity contribution < 1.29 is 18.7 Å². The lowest BCUT2D eigenvalue weighted by Crippen LogP contribution is -2.48. The molecule has 5 nitrogen and oxygen atoms in total. The number of rotatable bonds is 3. The highest BCUT2D eigenvalue weighted by Crippen LogP contribution is 2.31. The predicted molar refractivity (Wildman–Crippen MR) is 75.3 cm³/mol. The molecule has 6 heteroatoms. The molecule has 114 valence electrons. The lowest BCUT2D eigenvalue weighted by molar-refractivity contribution is -0.187. The van der Waals surface area contributed by atoms with Crippen molar-refractivity contribution in [2.24, 2.45) is 0 Å². The monoisotopic (exact) mass is 294 g/mol. The molecule has 0 aromatic heterocycles. The standard InChI is InChI=1S/C15H19FN2O3/c16-12-3-1-2-4-13(12)17-11-14(19)18-7-5-15(6-8-18)20-9-10-21-15/h1-4,17H,5-11H2. The van der Waals surface area contributed by atoms with Gasteiger partial charge in [-0.3, -0.25) is 4.79 Å². The lowest BCUT2D eigenvalue weighted by atomic mass is 10.0. The summed E-state index contributed by atoms with van der Waals surface area (Å²) in [5.74, 6) is -0.864. The first-order chi connectivity index (χ1) is 10.2. The topological polar surface area (TPSA) is 50.8 Å². The van der Waals surface area contributed by atoms with Gasteiger partial charge in [0, 0.05) is 25.9 Å². The van der Waals surface area contributed by atoms with Crippen molar-refractivity contribution in [1.82, 2.24) is 4.90 Å². The third kappa shape index (κ3) is 3.16. The van der Waals surface area contributed by atoms with Crippen LogP contribution < -0.4 is 5.32 Å². The Morgan fingerprint density at radius 3 is 2.57 bits per heavy atom. The van der Waals surface area contributed by atoms with Gasteiger partial charge in [0.25, 0.3) is 0 Å². The fourth-order valence-electron chi connectivity index (χ4n) is 2.77. The van der Waals surface area contributed by atoms with E-state index in [1.807, 2.05) is 0 Å². The van der Waals surface area contributed by atoms with Crippen LogP contribution in [-0.4, -0.2) is 49.4 Å². The Hall–Kier alpha value is -1.66. The number of nitrogens with one attached hydrogen (secondary N) is 1. The molecule has 0 saturated carbocycles. The van der Waals surface area contributed by atoms with Crippen molar-refractivity contribution in [2.45, 2.75) is 18.6 Å². The quantitative estimate of drug-likeness (QED) is 0.920. The summed E-state index contributed by atoms with van der Waals surface area (Å²) in [5, 5.41) is 2.84. The van der Waals surface area contributed by atoms with E-state index in [1.54, 1.807) is 23.1 Å². The van der Waals surface area contributed by atoms with Crippen molar-refractivity contribution in [3.05, 3.63) is 30.1 Å². The van der Waals surface area contributed by atoms with Crippen LogP contribution in [0.2, 0.25) is 0 Å². The summed E-state index contributed by atoms with van der Waals surface area (Å²) in [5.41, 5.74) is 0.349. The minimum Gasteiger partial charge on any atom is -0.374 e. The van der Waals surface area contributed by atoms with Gasteiger partial charge >= 0.3 is 0 Å². The molecular formula is C15H19FN2O3. The van der Waals surface area contributed by atoms with Gasteiger partial charge in [-0.05, 0) is 12.1 Å². The Labute approximate surface area is 123 Å². The Bertz CT molecular complexity index is 507. The van der Waals surface area contributed by atoms with Crippen LogP contribution in [0.3, 0.4) is 0 Å². The molecule has 0 unspecified atom stereocenters.